The Balaban J connectivity index is 1.60. The minimum atomic E-state index is -0.273. The van der Waals surface area contributed by atoms with Crippen LogP contribution in [-0.2, 0) is 11.3 Å². The molecular formula is C23H29FN2O. The van der Waals surface area contributed by atoms with Gasteiger partial charge in [0.25, 0.3) is 0 Å². The summed E-state index contributed by atoms with van der Waals surface area (Å²) in [5, 5.41) is 0. The van der Waals surface area contributed by atoms with Gasteiger partial charge in [-0.3, -0.25) is 9.69 Å². The molecule has 4 heteroatoms. The molecular weight excluding hydrogens is 339 g/mol. The van der Waals surface area contributed by atoms with E-state index in [4.69, 9.17) is 0 Å². The third-order valence-corrected chi connectivity index (χ3v) is 5.30. The summed E-state index contributed by atoms with van der Waals surface area (Å²) < 4.78 is 13.3. The smallest absolute Gasteiger partial charge is 0.229 e. The molecule has 0 bridgehead atoms. The average Bonchev–Trinajstić information content (AvgIpc) is 2.68. The van der Waals surface area contributed by atoms with Gasteiger partial charge in [0, 0.05) is 24.7 Å². The largest absolute Gasteiger partial charge is 0.312 e. The summed E-state index contributed by atoms with van der Waals surface area (Å²) in [5.41, 5.74) is 2.14. The lowest BCUT2D eigenvalue weighted by Gasteiger charge is -2.35. The van der Waals surface area contributed by atoms with Crippen LogP contribution >= 0.6 is 0 Å². The standard InChI is InChI=1S/C23H29FN2O/c1-18(2)23(27)26(22-10-8-21(24)9-11-22)17-20-12-14-25(15-13-20)16-19-6-4-3-5-7-19/h3-11,18,20H,12-17H2,1-2H3. The summed E-state index contributed by atoms with van der Waals surface area (Å²) in [4.78, 5) is 17.1. The van der Waals surface area contributed by atoms with Gasteiger partial charge in [0.05, 0.1) is 0 Å². The number of rotatable bonds is 6. The highest BCUT2D eigenvalue weighted by Crippen LogP contribution is 2.25. The second-order valence-corrected chi connectivity index (χ2v) is 7.79. The van der Waals surface area contributed by atoms with Crippen molar-refractivity contribution in [2.45, 2.75) is 33.2 Å². The first-order valence-corrected chi connectivity index (χ1v) is 9.86. The van der Waals surface area contributed by atoms with Crippen molar-refractivity contribution in [3.63, 3.8) is 0 Å². The number of likely N-dealkylation sites (tertiary alicyclic amines) is 1. The molecule has 1 heterocycles. The predicted molar refractivity (Wildman–Crippen MR) is 108 cm³/mol. The van der Waals surface area contributed by atoms with Crippen LogP contribution in [0.2, 0.25) is 0 Å². The molecule has 0 spiro atoms. The Labute approximate surface area is 161 Å². The molecule has 1 aliphatic heterocycles. The van der Waals surface area contributed by atoms with Gasteiger partial charge < -0.3 is 4.90 Å². The Kier molecular flexibility index (Phi) is 6.62. The average molecular weight is 368 g/mol. The van der Waals surface area contributed by atoms with E-state index in [0.29, 0.717) is 12.5 Å². The lowest BCUT2D eigenvalue weighted by atomic mass is 9.95. The molecule has 1 fully saturated rings. The molecule has 3 rings (SSSR count). The van der Waals surface area contributed by atoms with Gasteiger partial charge in [0.2, 0.25) is 5.91 Å². The third-order valence-electron chi connectivity index (χ3n) is 5.30. The number of nitrogens with zero attached hydrogens (tertiary/aromatic N) is 2. The Morgan fingerprint density at radius 1 is 1.07 bits per heavy atom. The maximum Gasteiger partial charge on any atom is 0.229 e. The molecule has 0 N–H and O–H groups in total. The molecule has 0 atom stereocenters. The fourth-order valence-corrected chi connectivity index (χ4v) is 3.68. The molecule has 1 aliphatic rings. The van der Waals surface area contributed by atoms with Crippen molar-refractivity contribution in [1.82, 2.24) is 4.90 Å². The summed E-state index contributed by atoms with van der Waals surface area (Å²) in [5.74, 6) is 0.233. The molecule has 1 saturated heterocycles. The number of anilines is 1. The van der Waals surface area contributed by atoms with Gasteiger partial charge >= 0.3 is 0 Å². The van der Waals surface area contributed by atoms with Crippen molar-refractivity contribution in [2.24, 2.45) is 11.8 Å². The number of halogens is 1. The molecule has 0 radical (unpaired) electrons. The first-order chi connectivity index (χ1) is 13.0. The summed E-state index contributed by atoms with van der Waals surface area (Å²) in [6, 6.07) is 16.8. The zero-order chi connectivity index (χ0) is 19.2. The molecule has 27 heavy (non-hydrogen) atoms. The normalized spacial score (nSPS) is 15.9. The number of hydrogen-bond acceptors (Lipinski definition) is 2. The van der Waals surface area contributed by atoms with Crippen molar-refractivity contribution in [1.29, 1.82) is 0 Å². The van der Waals surface area contributed by atoms with Gasteiger partial charge in [0.15, 0.2) is 0 Å². The van der Waals surface area contributed by atoms with Crippen LogP contribution < -0.4 is 4.90 Å². The highest BCUT2D eigenvalue weighted by Gasteiger charge is 2.26. The van der Waals surface area contributed by atoms with E-state index in [-0.39, 0.29) is 17.6 Å². The van der Waals surface area contributed by atoms with Crippen molar-refractivity contribution in [3.05, 3.63) is 66.0 Å². The second kappa shape index (κ2) is 9.14. The highest BCUT2D eigenvalue weighted by atomic mass is 19.1. The minimum absolute atomic E-state index is 0.0757. The van der Waals surface area contributed by atoms with E-state index in [1.54, 1.807) is 12.1 Å². The van der Waals surface area contributed by atoms with Crippen molar-refractivity contribution < 1.29 is 9.18 Å². The second-order valence-electron chi connectivity index (χ2n) is 7.79. The van der Waals surface area contributed by atoms with Crippen molar-refractivity contribution >= 4 is 11.6 Å². The van der Waals surface area contributed by atoms with E-state index in [0.717, 1.165) is 38.2 Å². The Bertz CT molecular complexity index is 722. The maximum atomic E-state index is 13.3. The third kappa shape index (κ3) is 5.39. The number of benzene rings is 2. The van der Waals surface area contributed by atoms with Crippen molar-refractivity contribution in [2.75, 3.05) is 24.5 Å². The van der Waals surface area contributed by atoms with Crippen LogP contribution in [0.1, 0.15) is 32.3 Å². The van der Waals surface area contributed by atoms with E-state index >= 15 is 0 Å². The summed E-state index contributed by atoms with van der Waals surface area (Å²) in [6.07, 6.45) is 2.16. The van der Waals surface area contributed by atoms with Crippen LogP contribution in [0.25, 0.3) is 0 Å². The fraction of sp³-hybridized carbons (Fsp3) is 0.435. The van der Waals surface area contributed by atoms with Gasteiger partial charge in [-0.15, -0.1) is 0 Å². The Morgan fingerprint density at radius 3 is 2.30 bits per heavy atom. The maximum absolute atomic E-state index is 13.3. The minimum Gasteiger partial charge on any atom is -0.312 e. The van der Waals surface area contributed by atoms with Crippen LogP contribution in [-0.4, -0.2) is 30.4 Å². The van der Waals surface area contributed by atoms with E-state index in [2.05, 4.69) is 29.2 Å². The zero-order valence-corrected chi connectivity index (χ0v) is 16.3. The highest BCUT2D eigenvalue weighted by molar-refractivity contribution is 5.94. The first-order valence-electron chi connectivity index (χ1n) is 9.86. The SMILES string of the molecule is CC(C)C(=O)N(CC1CCN(Cc2ccccc2)CC1)c1ccc(F)cc1. The van der Waals surface area contributed by atoms with Crippen molar-refractivity contribution in [3.8, 4) is 0 Å². The molecule has 3 nitrogen and oxygen atoms in total. The lowest BCUT2D eigenvalue weighted by Crippen LogP contribution is -2.42. The molecule has 0 saturated carbocycles. The van der Waals surface area contributed by atoms with Gasteiger partial charge in [-0.25, -0.2) is 4.39 Å². The van der Waals surface area contributed by atoms with Crippen LogP contribution in [0.3, 0.4) is 0 Å². The van der Waals surface area contributed by atoms with Crippen LogP contribution in [0.15, 0.2) is 54.6 Å². The topological polar surface area (TPSA) is 23.6 Å². The molecule has 0 unspecified atom stereocenters. The summed E-state index contributed by atoms with van der Waals surface area (Å²) in [7, 11) is 0. The first kappa shape index (κ1) is 19.6. The van der Waals surface area contributed by atoms with Gasteiger partial charge in [-0.2, -0.15) is 0 Å². The summed E-state index contributed by atoms with van der Waals surface area (Å²) in [6.45, 7) is 7.63. The Hall–Kier alpha value is -2.20. The molecule has 0 aliphatic carbocycles. The molecule has 2 aromatic rings. The van der Waals surface area contributed by atoms with E-state index < -0.39 is 0 Å². The monoisotopic (exact) mass is 368 g/mol. The molecule has 1 amide bonds. The van der Waals surface area contributed by atoms with Gasteiger partial charge in [0.1, 0.15) is 5.82 Å². The van der Waals surface area contributed by atoms with Gasteiger partial charge in [-0.05, 0) is 61.7 Å². The zero-order valence-electron chi connectivity index (χ0n) is 16.3. The fourth-order valence-electron chi connectivity index (χ4n) is 3.68. The number of hydrogen-bond donors (Lipinski definition) is 0. The van der Waals surface area contributed by atoms with E-state index in [1.807, 2.05) is 24.8 Å². The summed E-state index contributed by atoms with van der Waals surface area (Å²) >= 11 is 0. The number of piperidine rings is 1. The number of carbonyl (C=O) groups is 1. The lowest BCUT2D eigenvalue weighted by molar-refractivity contribution is -0.121. The van der Waals surface area contributed by atoms with Crippen LogP contribution in [0.5, 0.6) is 0 Å². The quantitative estimate of drug-likeness (QED) is 0.736. The van der Waals surface area contributed by atoms with Crippen LogP contribution in [0.4, 0.5) is 10.1 Å². The molecule has 144 valence electrons. The van der Waals surface area contributed by atoms with Gasteiger partial charge in [-0.1, -0.05) is 44.2 Å². The Morgan fingerprint density at radius 2 is 1.70 bits per heavy atom. The number of carbonyl (C=O) groups excluding carboxylic acids is 1. The molecule has 0 aromatic heterocycles. The van der Waals surface area contributed by atoms with E-state index in [9.17, 15) is 9.18 Å². The van der Waals surface area contributed by atoms with Crippen LogP contribution in [0, 0.1) is 17.7 Å². The number of amides is 1. The predicted octanol–water partition coefficient (Wildman–Crippen LogP) is 4.73. The van der Waals surface area contributed by atoms with E-state index in [1.165, 1.54) is 17.7 Å². The molecule has 2 aromatic carbocycles.